The molecule has 2 aromatic heterocycles. The molecule has 0 bridgehead atoms. The van der Waals surface area contributed by atoms with Crippen LogP contribution in [0.1, 0.15) is 31.4 Å². The molecule has 26 heavy (non-hydrogen) atoms. The fraction of sp³-hybridized carbons (Fsp3) is 0.550. The molecule has 0 atom stereocenters. The third-order valence-corrected chi connectivity index (χ3v) is 5.29. The number of aromatic nitrogens is 3. The van der Waals surface area contributed by atoms with Crippen molar-refractivity contribution in [3.8, 4) is 0 Å². The van der Waals surface area contributed by atoms with Crippen molar-refractivity contribution >= 4 is 17.6 Å². The lowest BCUT2D eigenvalue weighted by Gasteiger charge is -2.36. The van der Waals surface area contributed by atoms with Gasteiger partial charge in [0.25, 0.3) is 0 Å². The van der Waals surface area contributed by atoms with Crippen molar-refractivity contribution in [3.05, 3.63) is 36.2 Å². The van der Waals surface area contributed by atoms with Gasteiger partial charge in [-0.25, -0.2) is 9.97 Å². The second-order valence-corrected chi connectivity index (χ2v) is 7.23. The lowest BCUT2D eigenvalue weighted by molar-refractivity contribution is 0.639. The molecular weight excluding hydrogens is 324 g/mol. The molecule has 138 valence electrons. The highest BCUT2D eigenvalue weighted by Gasteiger charge is 2.21. The van der Waals surface area contributed by atoms with Crippen LogP contribution in [0.3, 0.4) is 0 Å². The molecular formula is C20H28N6. The van der Waals surface area contributed by atoms with Crippen LogP contribution < -0.4 is 14.7 Å². The van der Waals surface area contributed by atoms with Gasteiger partial charge in [0.05, 0.1) is 0 Å². The zero-order valence-electron chi connectivity index (χ0n) is 15.6. The Morgan fingerprint density at radius 3 is 2.08 bits per heavy atom. The number of rotatable bonds is 3. The van der Waals surface area contributed by atoms with Crippen LogP contribution in [-0.4, -0.2) is 54.2 Å². The molecule has 0 unspecified atom stereocenters. The summed E-state index contributed by atoms with van der Waals surface area (Å²) in [7, 11) is 0. The number of aryl methyl sites for hydroxylation is 1. The van der Waals surface area contributed by atoms with E-state index in [9.17, 15) is 0 Å². The largest absolute Gasteiger partial charge is 0.353 e. The summed E-state index contributed by atoms with van der Waals surface area (Å²) in [5, 5.41) is 0. The minimum atomic E-state index is 0.911. The molecule has 4 heterocycles. The molecule has 0 radical (unpaired) electrons. The normalized spacial score (nSPS) is 18.7. The van der Waals surface area contributed by atoms with Gasteiger partial charge in [-0.2, -0.15) is 4.98 Å². The van der Waals surface area contributed by atoms with E-state index >= 15 is 0 Å². The summed E-state index contributed by atoms with van der Waals surface area (Å²) < 4.78 is 0. The SMILES string of the molecule is Cc1cc(N2CCN(c3ccccn3)CC2)nc(N2CCCCCC2)n1. The van der Waals surface area contributed by atoms with Crippen molar-refractivity contribution in [3.63, 3.8) is 0 Å². The van der Waals surface area contributed by atoms with Crippen LogP contribution in [0, 0.1) is 6.92 Å². The molecule has 0 aliphatic carbocycles. The van der Waals surface area contributed by atoms with E-state index in [2.05, 4.69) is 44.8 Å². The molecule has 4 rings (SSSR count). The third kappa shape index (κ3) is 3.89. The van der Waals surface area contributed by atoms with Gasteiger partial charge in [0.15, 0.2) is 0 Å². The molecule has 2 fully saturated rings. The Bertz CT molecular complexity index is 703. The molecule has 0 N–H and O–H groups in total. The summed E-state index contributed by atoms with van der Waals surface area (Å²) >= 11 is 0. The Balaban J connectivity index is 1.46. The van der Waals surface area contributed by atoms with Gasteiger partial charge in [0.1, 0.15) is 11.6 Å². The first-order valence-electron chi connectivity index (χ1n) is 9.81. The summed E-state index contributed by atoms with van der Waals surface area (Å²) in [6.07, 6.45) is 7.00. The Hall–Kier alpha value is -2.37. The van der Waals surface area contributed by atoms with Crippen molar-refractivity contribution in [2.24, 2.45) is 0 Å². The molecule has 2 saturated heterocycles. The molecule has 0 saturated carbocycles. The molecule has 2 aromatic rings. The number of pyridine rings is 1. The fourth-order valence-corrected chi connectivity index (χ4v) is 3.82. The summed E-state index contributed by atoms with van der Waals surface area (Å²) in [6, 6.07) is 8.23. The Morgan fingerprint density at radius 2 is 1.42 bits per heavy atom. The van der Waals surface area contributed by atoms with E-state index in [0.29, 0.717) is 0 Å². The van der Waals surface area contributed by atoms with Crippen LogP contribution in [0.25, 0.3) is 0 Å². The van der Waals surface area contributed by atoms with Crippen molar-refractivity contribution in [1.82, 2.24) is 15.0 Å². The summed E-state index contributed by atoms with van der Waals surface area (Å²) in [5.74, 6) is 3.04. The van der Waals surface area contributed by atoms with E-state index in [0.717, 1.165) is 62.5 Å². The second kappa shape index (κ2) is 7.89. The monoisotopic (exact) mass is 352 g/mol. The maximum atomic E-state index is 4.93. The van der Waals surface area contributed by atoms with Gasteiger partial charge in [-0.05, 0) is 31.9 Å². The molecule has 2 aliphatic rings. The topological polar surface area (TPSA) is 48.4 Å². The number of hydrogen-bond acceptors (Lipinski definition) is 6. The molecule has 0 aromatic carbocycles. The third-order valence-electron chi connectivity index (χ3n) is 5.29. The fourth-order valence-electron chi connectivity index (χ4n) is 3.82. The number of hydrogen-bond donors (Lipinski definition) is 0. The van der Waals surface area contributed by atoms with Gasteiger partial charge in [-0.15, -0.1) is 0 Å². The highest BCUT2D eigenvalue weighted by atomic mass is 15.3. The van der Waals surface area contributed by atoms with Crippen LogP contribution in [0.4, 0.5) is 17.6 Å². The summed E-state index contributed by atoms with van der Waals surface area (Å²) in [4.78, 5) is 21.2. The van der Waals surface area contributed by atoms with Gasteiger partial charge in [-0.1, -0.05) is 18.9 Å². The van der Waals surface area contributed by atoms with E-state index in [1.54, 1.807) is 0 Å². The van der Waals surface area contributed by atoms with Crippen molar-refractivity contribution in [2.75, 3.05) is 54.0 Å². The maximum Gasteiger partial charge on any atom is 0.227 e. The quantitative estimate of drug-likeness (QED) is 0.847. The van der Waals surface area contributed by atoms with Crippen molar-refractivity contribution < 1.29 is 0 Å². The number of nitrogens with zero attached hydrogens (tertiary/aromatic N) is 6. The molecule has 6 nitrogen and oxygen atoms in total. The van der Waals surface area contributed by atoms with Crippen LogP contribution >= 0.6 is 0 Å². The minimum absolute atomic E-state index is 0.911. The molecule has 0 amide bonds. The summed E-state index contributed by atoms with van der Waals surface area (Å²) in [5.41, 5.74) is 1.06. The standard InChI is InChI=1S/C20H28N6/c1-17-16-19(23-20(22-17)26-10-6-2-3-7-11-26)25-14-12-24(13-15-25)18-8-4-5-9-21-18/h4-5,8-9,16H,2-3,6-7,10-15H2,1H3. The highest BCUT2D eigenvalue weighted by Crippen LogP contribution is 2.22. The first kappa shape index (κ1) is 17.1. The van der Waals surface area contributed by atoms with Crippen molar-refractivity contribution in [1.29, 1.82) is 0 Å². The number of piperazine rings is 1. The predicted octanol–water partition coefficient (Wildman–Crippen LogP) is 2.89. The Kier molecular flexibility index (Phi) is 5.18. The first-order valence-corrected chi connectivity index (χ1v) is 9.81. The van der Waals surface area contributed by atoms with Gasteiger partial charge in [-0.3, -0.25) is 0 Å². The summed E-state index contributed by atoms with van der Waals surface area (Å²) in [6.45, 7) is 8.11. The van der Waals surface area contributed by atoms with E-state index in [1.807, 2.05) is 12.3 Å². The van der Waals surface area contributed by atoms with E-state index in [1.165, 1.54) is 25.7 Å². The lowest BCUT2D eigenvalue weighted by atomic mass is 10.2. The van der Waals surface area contributed by atoms with Crippen LogP contribution in [0.5, 0.6) is 0 Å². The van der Waals surface area contributed by atoms with Gasteiger partial charge in [0.2, 0.25) is 5.95 Å². The van der Waals surface area contributed by atoms with Gasteiger partial charge >= 0.3 is 0 Å². The Labute approximate surface area is 155 Å². The maximum absolute atomic E-state index is 4.93. The first-order chi connectivity index (χ1) is 12.8. The Morgan fingerprint density at radius 1 is 0.731 bits per heavy atom. The predicted molar refractivity (Wildman–Crippen MR) is 106 cm³/mol. The average Bonchev–Trinajstić information content (AvgIpc) is 2.98. The zero-order valence-corrected chi connectivity index (χ0v) is 15.6. The minimum Gasteiger partial charge on any atom is -0.353 e. The highest BCUT2D eigenvalue weighted by molar-refractivity contribution is 5.48. The van der Waals surface area contributed by atoms with E-state index in [4.69, 9.17) is 9.97 Å². The van der Waals surface area contributed by atoms with E-state index < -0.39 is 0 Å². The van der Waals surface area contributed by atoms with Crippen LogP contribution in [0.15, 0.2) is 30.5 Å². The second-order valence-electron chi connectivity index (χ2n) is 7.23. The van der Waals surface area contributed by atoms with Gasteiger partial charge < -0.3 is 14.7 Å². The smallest absolute Gasteiger partial charge is 0.227 e. The van der Waals surface area contributed by atoms with Gasteiger partial charge in [0, 0.05) is 57.2 Å². The zero-order chi connectivity index (χ0) is 17.8. The average molecular weight is 352 g/mol. The molecule has 6 heteroatoms. The van der Waals surface area contributed by atoms with E-state index in [-0.39, 0.29) is 0 Å². The van der Waals surface area contributed by atoms with Crippen LogP contribution in [-0.2, 0) is 0 Å². The lowest BCUT2D eigenvalue weighted by Crippen LogP contribution is -2.47. The van der Waals surface area contributed by atoms with Crippen LogP contribution in [0.2, 0.25) is 0 Å². The molecule has 0 spiro atoms. The number of anilines is 3. The molecule has 2 aliphatic heterocycles. The van der Waals surface area contributed by atoms with Crippen molar-refractivity contribution in [2.45, 2.75) is 32.6 Å².